The van der Waals surface area contributed by atoms with Crippen LogP contribution in [0.25, 0.3) is 0 Å². The molecule has 0 rings (SSSR count). The second-order valence-electron chi connectivity index (χ2n) is 12.9. The highest BCUT2D eigenvalue weighted by atomic mass is 16.3. The SMILES string of the molecule is CCCCCCCC/C=C/CC/C=C/CCCC(O)C(O)C(CO)NC(=O)C(O)CCCCCCCCCCCCCCC. The van der Waals surface area contributed by atoms with Crippen LogP contribution in [0.1, 0.15) is 181 Å². The molecule has 0 heterocycles. The Morgan fingerprint density at radius 3 is 1.43 bits per heavy atom. The highest BCUT2D eigenvalue weighted by Gasteiger charge is 2.28. The molecule has 0 aliphatic rings. The number of nitrogens with one attached hydrogen (secondary N) is 1. The van der Waals surface area contributed by atoms with Gasteiger partial charge < -0.3 is 25.7 Å². The van der Waals surface area contributed by atoms with E-state index in [-0.39, 0.29) is 0 Å². The summed E-state index contributed by atoms with van der Waals surface area (Å²) in [5, 5.41) is 43.4. The van der Waals surface area contributed by atoms with Crippen LogP contribution >= 0.6 is 0 Å². The second-order valence-corrected chi connectivity index (χ2v) is 12.9. The Morgan fingerprint density at radius 1 is 0.545 bits per heavy atom. The quantitative estimate of drug-likeness (QED) is 0.0371. The lowest BCUT2D eigenvalue weighted by molar-refractivity contribution is -0.132. The molecule has 44 heavy (non-hydrogen) atoms. The van der Waals surface area contributed by atoms with Crippen molar-refractivity contribution in [1.82, 2.24) is 5.32 Å². The maximum Gasteiger partial charge on any atom is 0.249 e. The molecule has 0 aromatic carbocycles. The van der Waals surface area contributed by atoms with Gasteiger partial charge in [-0.15, -0.1) is 0 Å². The number of rotatable bonds is 33. The van der Waals surface area contributed by atoms with Crippen LogP contribution in [0.5, 0.6) is 0 Å². The van der Waals surface area contributed by atoms with Crippen LogP contribution in [0, 0.1) is 0 Å². The number of amides is 1. The summed E-state index contributed by atoms with van der Waals surface area (Å²) in [6.45, 7) is 4.00. The Morgan fingerprint density at radius 2 is 0.955 bits per heavy atom. The fourth-order valence-corrected chi connectivity index (χ4v) is 5.59. The first-order valence-corrected chi connectivity index (χ1v) is 18.7. The molecule has 0 fully saturated rings. The molecule has 5 N–H and O–H groups in total. The molecule has 0 radical (unpaired) electrons. The molecule has 0 saturated carbocycles. The average Bonchev–Trinajstić information content (AvgIpc) is 3.03. The molecular formula is C38H73NO5. The summed E-state index contributed by atoms with van der Waals surface area (Å²) in [5.74, 6) is -0.599. The molecule has 0 aliphatic heterocycles. The first kappa shape index (κ1) is 42.8. The molecule has 0 spiro atoms. The number of carbonyl (C=O) groups excluding carboxylic acids is 1. The van der Waals surface area contributed by atoms with E-state index in [9.17, 15) is 25.2 Å². The third kappa shape index (κ3) is 27.1. The Bertz CT molecular complexity index is 668. The predicted octanol–water partition coefficient (Wildman–Crippen LogP) is 8.84. The number of hydrogen-bond donors (Lipinski definition) is 5. The average molecular weight is 624 g/mol. The summed E-state index contributed by atoms with van der Waals surface area (Å²) >= 11 is 0. The number of aliphatic hydroxyl groups is 4. The Labute approximate surface area is 272 Å². The van der Waals surface area contributed by atoms with E-state index in [2.05, 4.69) is 43.5 Å². The lowest BCUT2D eigenvalue weighted by atomic mass is 10.00. The van der Waals surface area contributed by atoms with E-state index in [4.69, 9.17) is 0 Å². The Balaban J connectivity index is 3.89. The van der Waals surface area contributed by atoms with Crippen molar-refractivity contribution in [2.45, 2.75) is 205 Å². The van der Waals surface area contributed by atoms with E-state index in [1.165, 1.54) is 109 Å². The van der Waals surface area contributed by atoms with Gasteiger partial charge in [0.2, 0.25) is 5.91 Å². The van der Waals surface area contributed by atoms with Crippen molar-refractivity contribution in [2.75, 3.05) is 6.61 Å². The van der Waals surface area contributed by atoms with Crippen LogP contribution in [0.4, 0.5) is 0 Å². The third-order valence-electron chi connectivity index (χ3n) is 8.64. The molecule has 4 unspecified atom stereocenters. The van der Waals surface area contributed by atoms with Gasteiger partial charge in [-0.1, -0.05) is 154 Å². The van der Waals surface area contributed by atoms with Crippen LogP contribution in [-0.4, -0.2) is 57.3 Å². The van der Waals surface area contributed by atoms with Gasteiger partial charge in [-0.2, -0.15) is 0 Å². The standard InChI is InChI=1S/C38H73NO5/c1-3-5-7-9-11-13-15-17-18-20-21-23-25-27-29-31-35(41)37(43)34(33-40)39-38(44)36(42)32-30-28-26-24-22-19-16-14-12-10-8-6-4-2/h17-18,23,25,34-37,40-43H,3-16,19-22,24,26-33H2,1-2H3,(H,39,44)/b18-17+,25-23+. The van der Waals surface area contributed by atoms with Gasteiger partial charge in [0.25, 0.3) is 0 Å². The number of allylic oxidation sites excluding steroid dienone is 4. The lowest BCUT2D eigenvalue weighted by Crippen LogP contribution is -2.53. The summed E-state index contributed by atoms with van der Waals surface area (Å²) in [5.41, 5.74) is 0. The van der Waals surface area contributed by atoms with Gasteiger partial charge in [0.05, 0.1) is 18.8 Å². The lowest BCUT2D eigenvalue weighted by Gasteiger charge is -2.27. The van der Waals surface area contributed by atoms with Gasteiger partial charge >= 0.3 is 0 Å². The van der Waals surface area contributed by atoms with Crippen molar-refractivity contribution in [3.8, 4) is 0 Å². The molecular weight excluding hydrogens is 550 g/mol. The van der Waals surface area contributed by atoms with Gasteiger partial charge in [0, 0.05) is 0 Å². The van der Waals surface area contributed by atoms with Crippen molar-refractivity contribution in [1.29, 1.82) is 0 Å². The third-order valence-corrected chi connectivity index (χ3v) is 8.64. The normalized spacial score (nSPS) is 14.8. The molecule has 6 nitrogen and oxygen atoms in total. The van der Waals surface area contributed by atoms with Gasteiger partial charge in [-0.3, -0.25) is 4.79 Å². The van der Waals surface area contributed by atoms with Crippen molar-refractivity contribution < 1.29 is 25.2 Å². The van der Waals surface area contributed by atoms with Crippen LogP contribution < -0.4 is 5.32 Å². The van der Waals surface area contributed by atoms with Crippen LogP contribution in [0.15, 0.2) is 24.3 Å². The fourth-order valence-electron chi connectivity index (χ4n) is 5.59. The van der Waals surface area contributed by atoms with Gasteiger partial charge in [-0.05, 0) is 51.4 Å². The predicted molar refractivity (Wildman–Crippen MR) is 187 cm³/mol. The maximum absolute atomic E-state index is 12.4. The second kappa shape index (κ2) is 33.2. The topological polar surface area (TPSA) is 110 Å². The highest BCUT2D eigenvalue weighted by Crippen LogP contribution is 2.14. The summed E-state index contributed by atoms with van der Waals surface area (Å²) in [4.78, 5) is 12.4. The minimum Gasteiger partial charge on any atom is -0.394 e. The molecule has 1 amide bonds. The van der Waals surface area contributed by atoms with Crippen LogP contribution in [-0.2, 0) is 4.79 Å². The fraction of sp³-hybridized carbons (Fsp3) is 0.868. The minimum atomic E-state index is -1.28. The van der Waals surface area contributed by atoms with E-state index in [1.54, 1.807) is 0 Å². The zero-order chi connectivity index (χ0) is 32.5. The van der Waals surface area contributed by atoms with Crippen molar-refractivity contribution in [3.05, 3.63) is 24.3 Å². The van der Waals surface area contributed by atoms with E-state index in [1.807, 2.05) is 0 Å². The number of carbonyl (C=O) groups is 1. The van der Waals surface area contributed by atoms with E-state index in [0.29, 0.717) is 19.3 Å². The summed E-state index contributed by atoms with van der Waals surface area (Å²) in [7, 11) is 0. The molecule has 4 atom stereocenters. The largest absolute Gasteiger partial charge is 0.394 e. The van der Waals surface area contributed by atoms with E-state index < -0.39 is 36.9 Å². The molecule has 0 aromatic heterocycles. The maximum atomic E-state index is 12.4. The molecule has 0 aliphatic carbocycles. The molecule has 0 saturated heterocycles. The molecule has 6 heteroatoms. The monoisotopic (exact) mass is 624 g/mol. The number of aliphatic hydroxyl groups excluding tert-OH is 4. The van der Waals surface area contributed by atoms with Gasteiger partial charge in [0.15, 0.2) is 0 Å². The van der Waals surface area contributed by atoms with E-state index >= 15 is 0 Å². The van der Waals surface area contributed by atoms with Crippen LogP contribution in [0.2, 0.25) is 0 Å². The smallest absolute Gasteiger partial charge is 0.249 e. The van der Waals surface area contributed by atoms with Crippen molar-refractivity contribution in [3.63, 3.8) is 0 Å². The minimum absolute atomic E-state index is 0.363. The van der Waals surface area contributed by atoms with E-state index in [0.717, 1.165) is 38.5 Å². The first-order chi connectivity index (χ1) is 21.5. The first-order valence-electron chi connectivity index (χ1n) is 18.7. The zero-order valence-electron chi connectivity index (χ0n) is 28.9. The molecule has 0 bridgehead atoms. The van der Waals surface area contributed by atoms with Crippen molar-refractivity contribution in [2.24, 2.45) is 0 Å². The van der Waals surface area contributed by atoms with Gasteiger partial charge in [0.1, 0.15) is 12.2 Å². The summed E-state index contributed by atoms with van der Waals surface area (Å²) in [6.07, 6.45) is 34.8. The van der Waals surface area contributed by atoms with Crippen molar-refractivity contribution >= 4 is 5.91 Å². The number of hydrogen-bond acceptors (Lipinski definition) is 5. The molecule has 260 valence electrons. The summed E-state index contributed by atoms with van der Waals surface area (Å²) in [6, 6.07) is -1.00. The summed E-state index contributed by atoms with van der Waals surface area (Å²) < 4.78 is 0. The van der Waals surface area contributed by atoms with Gasteiger partial charge in [-0.25, -0.2) is 0 Å². The number of unbranched alkanes of at least 4 members (excludes halogenated alkanes) is 20. The van der Waals surface area contributed by atoms with Crippen LogP contribution in [0.3, 0.4) is 0 Å². The Kier molecular flexibility index (Phi) is 32.2. The molecule has 0 aromatic rings. The zero-order valence-corrected chi connectivity index (χ0v) is 28.9. The highest BCUT2D eigenvalue weighted by molar-refractivity contribution is 5.80. The Hall–Kier alpha value is -1.21.